The van der Waals surface area contributed by atoms with Crippen LogP contribution in [0.4, 0.5) is 5.82 Å². The molecule has 1 saturated heterocycles. The van der Waals surface area contributed by atoms with Gasteiger partial charge < -0.3 is 9.80 Å². The maximum atomic E-state index is 13.0. The third kappa shape index (κ3) is 4.32. The molecule has 6 nitrogen and oxygen atoms in total. The Hall–Kier alpha value is -1.93. The molecule has 0 N–H and O–H groups in total. The number of hydrogen-bond donors (Lipinski definition) is 0. The zero-order valence-electron chi connectivity index (χ0n) is 18.9. The second kappa shape index (κ2) is 9.37. The molecule has 0 unspecified atom stereocenters. The lowest BCUT2D eigenvalue weighted by atomic mass is 10.0. The van der Waals surface area contributed by atoms with Crippen molar-refractivity contribution in [2.24, 2.45) is 0 Å². The summed E-state index contributed by atoms with van der Waals surface area (Å²) in [5.41, 5.74) is 1.99. The molecule has 0 aliphatic carbocycles. The molecular weight excluding hydrogens is 477 g/mol. The molecule has 2 aliphatic rings. The number of aryl methyl sites for hydroxylation is 1. The van der Waals surface area contributed by atoms with Crippen LogP contribution in [0.15, 0.2) is 18.2 Å². The van der Waals surface area contributed by atoms with E-state index in [4.69, 9.17) is 33.2 Å². The Morgan fingerprint density at radius 1 is 1.06 bits per heavy atom. The van der Waals surface area contributed by atoms with Crippen LogP contribution in [0.3, 0.4) is 0 Å². The fourth-order valence-corrected chi connectivity index (χ4v) is 6.24. The van der Waals surface area contributed by atoms with Crippen LogP contribution < -0.4 is 4.90 Å². The fourth-order valence-electron chi connectivity index (χ4n) is 4.66. The minimum atomic E-state index is -0.0112. The van der Waals surface area contributed by atoms with Crippen molar-refractivity contribution in [3.8, 4) is 0 Å². The van der Waals surface area contributed by atoms with Crippen molar-refractivity contribution in [1.29, 1.82) is 0 Å². The summed E-state index contributed by atoms with van der Waals surface area (Å²) in [6.45, 7) is 10.2. The number of piperazine rings is 1. The van der Waals surface area contributed by atoms with Gasteiger partial charge in [0.05, 0.1) is 15.4 Å². The third-order valence-electron chi connectivity index (χ3n) is 6.60. The highest BCUT2D eigenvalue weighted by atomic mass is 35.5. The van der Waals surface area contributed by atoms with Gasteiger partial charge in [0.2, 0.25) is 0 Å². The lowest BCUT2D eigenvalue weighted by molar-refractivity contribution is 0.0746. The topological polar surface area (TPSA) is 52.6 Å². The summed E-state index contributed by atoms with van der Waals surface area (Å²) in [6.07, 6.45) is 1.85. The van der Waals surface area contributed by atoms with Gasteiger partial charge in [-0.05, 0) is 36.7 Å². The van der Waals surface area contributed by atoms with Gasteiger partial charge in [-0.2, -0.15) is 0 Å². The summed E-state index contributed by atoms with van der Waals surface area (Å²) >= 11 is 14.0. The van der Waals surface area contributed by atoms with Gasteiger partial charge in [0.15, 0.2) is 0 Å². The molecule has 33 heavy (non-hydrogen) atoms. The van der Waals surface area contributed by atoms with Crippen LogP contribution in [0.2, 0.25) is 10.0 Å². The minimum Gasteiger partial charge on any atom is -0.352 e. The third-order valence-corrected chi connectivity index (χ3v) is 8.45. The number of halogens is 2. The molecule has 5 rings (SSSR count). The first kappa shape index (κ1) is 22.8. The minimum absolute atomic E-state index is 0.0112. The van der Waals surface area contributed by atoms with E-state index in [0.717, 1.165) is 62.0 Å². The van der Waals surface area contributed by atoms with Crippen LogP contribution in [-0.4, -0.2) is 64.9 Å². The van der Waals surface area contributed by atoms with Crippen molar-refractivity contribution in [3.05, 3.63) is 50.1 Å². The zero-order valence-corrected chi connectivity index (χ0v) is 21.2. The quantitative estimate of drug-likeness (QED) is 0.506. The smallest absolute Gasteiger partial charge is 0.254 e. The number of rotatable bonds is 4. The highest BCUT2D eigenvalue weighted by molar-refractivity contribution is 7.19. The number of thiophene rings is 1. The van der Waals surface area contributed by atoms with Gasteiger partial charge in [-0.3, -0.25) is 9.69 Å². The number of likely N-dealkylation sites (N-methyl/N-ethyl adjacent to an activating group) is 1. The summed E-state index contributed by atoms with van der Waals surface area (Å²) in [5.74, 6) is 1.92. The zero-order chi connectivity index (χ0) is 23.1. The Morgan fingerprint density at radius 2 is 1.85 bits per heavy atom. The van der Waals surface area contributed by atoms with Crippen LogP contribution in [-0.2, 0) is 19.4 Å². The molecule has 3 aromatic rings. The monoisotopic (exact) mass is 503 g/mol. The van der Waals surface area contributed by atoms with E-state index in [0.29, 0.717) is 28.7 Å². The molecule has 4 heterocycles. The first-order valence-corrected chi connectivity index (χ1v) is 13.1. The summed E-state index contributed by atoms with van der Waals surface area (Å²) in [6, 6.07) is 5.07. The summed E-state index contributed by atoms with van der Waals surface area (Å²) in [7, 11) is 0. The average Bonchev–Trinajstić information content (AvgIpc) is 3.22. The Kier molecular flexibility index (Phi) is 6.49. The summed E-state index contributed by atoms with van der Waals surface area (Å²) in [4.78, 5) is 32.1. The lowest BCUT2D eigenvalue weighted by Crippen LogP contribution is -2.49. The maximum Gasteiger partial charge on any atom is 0.254 e. The molecule has 2 aliphatic heterocycles. The predicted octanol–water partition coefficient (Wildman–Crippen LogP) is 4.90. The molecule has 0 radical (unpaired) electrons. The van der Waals surface area contributed by atoms with Crippen LogP contribution in [0.5, 0.6) is 0 Å². The number of fused-ring (bicyclic) bond motifs is 3. The van der Waals surface area contributed by atoms with E-state index in [9.17, 15) is 4.79 Å². The Bertz CT molecular complexity index is 1210. The van der Waals surface area contributed by atoms with E-state index < -0.39 is 0 Å². The van der Waals surface area contributed by atoms with Gasteiger partial charge in [-0.25, -0.2) is 9.97 Å². The summed E-state index contributed by atoms with van der Waals surface area (Å²) in [5, 5.41) is 2.09. The van der Waals surface area contributed by atoms with Crippen molar-refractivity contribution in [1.82, 2.24) is 19.8 Å². The van der Waals surface area contributed by atoms with Crippen molar-refractivity contribution in [2.45, 2.75) is 33.2 Å². The molecule has 1 fully saturated rings. The molecule has 0 atom stereocenters. The normalized spacial score (nSPS) is 17.0. The van der Waals surface area contributed by atoms with Gasteiger partial charge in [0.25, 0.3) is 5.91 Å². The number of amides is 1. The number of carbonyl (C=O) groups excluding carboxylic acids is 1. The van der Waals surface area contributed by atoms with Gasteiger partial charge in [0.1, 0.15) is 16.5 Å². The van der Waals surface area contributed by atoms with E-state index >= 15 is 0 Å². The standard InChI is InChI=1S/C24H27Cl2N5OS/c1-3-20-27-22(21-16-7-8-29(4-2)14-19(16)33-23(21)28-20)30-9-11-31(12-10-30)24(32)15-5-6-17(25)18(26)13-15/h5-6,13H,3-4,7-12,14H2,1-2H3. The molecule has 9 heteroatoms. The van der Waals surface area contributed by atoms with Gasteiger partial charge in [-0.1, -0.05) is 37.0 Å². The fraction of sp³-hybridized carbons (Fsp3) is 0.458. The van der Waals surface area contributed by atoms with E-state index in [1.807, 2.05) is 16.2 Å². The SMILES string of the molecule is CCc1nc(N2CCN(C(=O)c3ccc(Cl)c(Cl)c3)CC2)c2c3c(sc2n1)CN(CC)CC3. The average molecular weight is 504 g/mol. The number of anilines is 1. The van der Waals surface area contributed by atoms with Crippen LogP contribution in [0.1, 0.15) is 40.5 Å². The Balaban J connectivity index is 1.40. The lowest BCUT2D eigenvalue weighted by Gasteiger charge is -2.36. The highest BCUT2D eigenvalue weighted by Crippen LogP contribution is 2.39. The highest BCUT2D eigenvalue weighted by Gasteiger charge is 2.29. The van der Waals surface area contributed by atoms with Crippen molar-refractivity contribution >= 4 is 56.5 Å². The molecule has 1 aromatic carbocycles. The summed E-state index contributed by atoms with van der Waals surface area (Å²) < 4.78 is 0. The predicted molar refractivity (Wildman–Crippen MR) is 136 cm³/mol. The van der Waals surface area contributed by atoms with E-state index in [2.05, 4.69) is 23.6 Å². The largest absolute Gasteiger partial charge is 0.352 e. The number of aromatic nitrogens is 2. The Labute approximate surface area is 208 Å². The van der Waals surface area contributed by atoms with Crippen LogP contribution in [0, 0.1) is 0 Å². The van der Waals surface area contributed by atoms with Gasteiger partial charge >= 0.3 is 0 Å². The van der Waals surface area contributed by atoms with E-state index in [-0.39, 0.29) is 5.91 Å². The molecule has 0 bridgehead atoms. The van der Waals surface area contributed by atoms with Crippen LogP contribution in [0.25, 0.3) is 10.2 Å². The van der Waals surface area contributed by atoms with E-state index in [1.165, 1.54) is 15.8 Å². The van der Waals surface area contributed by atoms with Crippen molar-refractivity contribution in [2.75, 3.05) is 44.2 Å². The van der Waals surface area contributed by atoms with Gasteiger partial charge in [0, 0.05) is 56.1 Å². The second-order valence-electron chi connectivity index (χ2n) is 8.53. The molecule has 1 amide bonds. The Morgan fingerprint density at radius 3 is 2.55 bits per heavy atom. The number of nitrogens with zero attached hydrogens (tertiary/aromatic N) is 5. The van der Waals surface area contributed by atoms with Crippen LogP contribution >= 0.6 is 34.5 Å². The molecule has 0 spiro atoms. The second-order valence-corrected chi connectivity index (χ2v) is 10.4. The number of carbonyl (C=O) groups is 1. The van der Waals surface area contributed by atoms with E-state index in [1.54, 1.807) is 18.2 Å². The first-order chi connectivity index (χ1) is 16.0. The van der Waals surface area contributed by atoms with Crippen molar-refractivity contribution in [3.63, 3.8) is 0 Å². The molecular formula is C24H27Cl2N5OS. The number of benzene rings is 1. The van der Waals surface area contributed by atoms with Gasteiger partial charge in [-0.15, -0.1) is 11.3 Å². The first-order valence-electron chi connectivity index (χ1n) is 11.5. The maximum absolute atomic E-state index is 13.0. The molecule has 174 valence electrons. The molecule has 0 saturated carbocycles. The number of hydrogen-bond acceptors (Lipinski definition) is 6. The van der Waals surface area contributed by atoms with Crippen molar-refractivity contribution < 1.29 is 4.79 Å². The molecule has 2 aromatic heterocycles.